The predicted molar refractivity (Wildman–Crippen MR) is 75.7 cm³/mol. The van der Waals surface area contributed by atoms with E-state index in [1.165, 1.54) is 18.9 Å². The Hall–Kier alpha value is -2.11. The van der Waals surface area contributed by atoms with Crippen LogP contribution in [0.5, 0.6) is 0 Å². The molecule has 1 aliphatic rings. The van der Waals surface area contributed by atoms with Crippen molar-refractivity contribution < 1.29 is 9.34 Å². The first-order chi connectivity index (χ1) is 9.67. The molecular formula is C14H17N3O3. The third-order valence-corrected chi connectivity index (χ3v) is 3.73. The fourth-order valence-electron chi connectivity index (χ4n) is 2.40. The maximum atomic E-state index is 11.0. The molecule has 1 atom stereocenters. The monoisotopic (exact) mass is 275 g/mol. The van der Waals surface area contributed by atoms with Crippen LogP contribution in [0.4, 0.5) is 11.7 Å². The molecular weight excluding hydrogens is 258 g/mol. The number of non-ortho nitro benzene ring substituents is 1. The van der Waals surface area contributed by atoms with Crippen LogP contribution in [0.3, 0.4) is 0 Å². The van der Waals surface area contributed by atoms with Crippen molar-refractivity contribution in [2.75, 3.05) is 5.32 Å². The third-order valence-electron chi connectivity index (χ3n) is 3.73. The number of anilines is 1. The number of fused-ring (bicyclic) bond motifs is 1. The van der Waals surface area contributed by atoms with Crippen LogP contribution in [0.2, 0.25) is 0 Å². The predicted octanol–water partition coefficient (Wildman–Crippen LogP) is 3.73. The number of hydrogen-bond acceptors (Lipinski definition) is 5. The molecule has 1 aromatic heterocycles. The SMILES string of the molecule is CCC(CC1CC1)Nc1nc2c([N+](=O)[O-])cccc2o1. The highest BCUT2D eigenvalue weighted by atomic mass is 16.6. The lowest BCUT2D eigenvalue weighted by Gasteiger charge is -2.14. The average Bonchev–Trinajstić information content (AvgIpc) is 3.14. The highest BCUT2D eigenvalue weighted by molar-refractivity contribution is 5.84. The van der Waals surface area contributed by atoms with Crippen LogP contribution < -0.4 is 5.32 Å². The molecule has 0 bridgehead atoms. The van der Waals surface area contributed by atoms with Crippen molar-refractivity contribution in [1.82, 2.24) is 4.98 Å². The molecule has 1 saturated carbocycles. The summed E-state index contributed by atoms with van der Waals surface area (Å²) in [5.74, 6) is 0.811. The van der Waals surface area contributed by atoms with E-state index in [2.05, 4.69) is 17.2 Å². The largest absolute Gasteiger partial charge is 0.423 e. The number of benzene rings is 1. The fourth-order valence-corrected chi connectivity index (χ4v) is 2.40. The van der Waals surface area contributed by atoms with E-state index >= 15 is 0 Å². The highest BCUT2D eigenvalue weighted by Gasteiger charge is 2.26. The van der Waals surface area contributed by atoms with Crippen LogP contribution in [0.1, 0.15) is 32.6 Å². The first-order valence-electron chi connectivity index (χ1n) is 6.98. The summed E-state index contributed by atoms with van der Waals surface area (Å²) in [5, 5.41) is 14.2. The summed E-state index contributed by atoms with van der Waals surface area (Å²) in [7, 11) is 0. The van der Waals surface area contributed by atoms with E-state index in [-0.39, 0.29) is 5.69 Å². The molecule has 1 aromatic carbocycles. The second-order valence-electron chi connectivity index (χ2n) is 5.33. The standard InChI is InChI=1S/C14H17N3O3/c1-2-10(8-9-6-7-9)15-14-16-13-11(17(18)19)4-3-5-12(13)20-14/h3-5,9-10H,2,6-8H2,1H3,(H,15,16). The van der Waals surface area contributed by atoms with E-state index in [0.29, 0.717) is 23.2 Å². The van der Waals surface area contributed by atoms with Crippen molar-refractivity contribution >= 4 is 22.8 Å². The quantitative estimate of drug-likeness (QED) is 0.641. The minimum absolute atomic E-state index is 0.0189. The highest BCUT2D eigenvalue weighted by Crippen LogP contribution is 2.35. The van der Waals surface area contributed by atoms with Crippen LogP contribution in [-0.2, 0) is 0 Å². The Kier molecular flexibility index (Phi) is 3.30. The van der Waals surface area contributed by atoms with Gasteiger partial charge in [-0.25, -0.2) is 0 Å². The summed E-state index contributed by atoms with van der Waals surface area (Å²) < 4.78 is 5.57. The van der Waals surface area contributed by atoms with Crippen LogP contribution in [0.15, 0.2) is 22.6 Å². The van der Waals surface area contributed by atoms with E-state index in [9.17, 15) is 10.1 Å². The zero-order valence-corrected chi connectivity index (χ0v) is 11.3. The molecule has 6 heteroatoms. The molecule has 1 fully saturated rings. The number of aromatic nitrogens is 1. The summed E-state index contributed by atoms with van der Waals surface area (Å²) >= 11 is 0. The van der Waals surface area contributed by atoms with Crippen molar-refractivity contribution in [3.8, 4) is 0 Å². The number of nitro benzene ring substituents is 1. The minimum Gasteiger partial charge on any atom is -0.423 e. The Morgan fingerprint density at radius 3 is 3.00 bits per heavy atom. The Morgan fingerprint density at radius 2 is 2.35 bits per heavy atom. The molecule has 20 heavy (non-hydrogen) atoms. The van der Waals surface area contributed by atoms with Crippen molar-refractivity contribution in [3.63, 3.8) is 0 Å². The van der Waals surface area contributed by atoms with Gasteiger partial charge in [-0.3, -0.25) is 10.1 Å². The number of nitrogens with zero attached hydrogens (tertiary/aromatic N) is 2. The summed E-state index contributed by atoms with van der Waals surface area (Å²) in [6.45, 7) is 2.12. The number of nitrogens with one attached hydrogen (secondary N) is 1. The van der Waals surface area contributed by atoms with Gasteiger partial charge in [-0.15, -0.1) is 0 Å². The van der Waals surface area contributed by atoms with E-state index < -0.39 is 4.92 Å². The fraction of sp³-hybridized carbons (Fsp3) is 0.500. The lowest BCUT2D eigenvalue weighted by Crippen LogP contribution is -2.19. The first kappa shape index (κ1) is 12.9. The van der Waals surface area contributed by atoms with Gasteiger partial charge in [-0.1, -0.05) is 25.8 Å². The Balaban J connectivity index is 1.84. The Morgan fingerprint density at radius 1 is 1.55 bits per heavy atom. The van der Waals surface area contributed by atoms with E-state index in [1.807, 2.05) is 0 Å². The summed E-state index contributed by atoms with van der Waals surface area (Å²) in [5.41, 5.74) is 0.735. The lowest BCUT2D eigenvalue weighted by atomic mass is 10.1. The maximum Gasteiger partial charge on any atom is 0.298 e. The summed E-state index contributed by atoms with van der Waals surface area (Å²) in [4.78, 5) is 14.8. The Bertz CT molecular complexity index is 634. The van der Waals surface area contributed by atoms with Crippen molar-refractivity contribution in [2.24, 2.45) is 5.92 Å². The molecule has 3 rings (SSSR count). The van der Waals surface area contributed by atoms with E-state index in [0.717, 1.165) is 18.8 Å². The second-order valence-corrected chi connectivity index (χ2v) is 5.33. The molecule has 106 valence electrons. The first-order valence-corrected chi connectivity index (χ1v) is 6.98. The lowest BCUT2D eigenvalue weighted by molar-refractivity contribution is -0.383. The van der Waals surface area contributed by atoms with Gasteiger partial charge in [0.1, 0.15) is 0 Å². The molecule has 2 aromatic rings. The van der Waals surface area contributed by atoms with Gasteiger partial charge in [0.2, 0.25) is 0 Å². The summed E-state index contributed by atoms with van der Waals surface area (Å²) in [6.07, 6.45) is 4.70. The molecule has 0 radical (unpaired) electrons. The van der Waals surface area contributed by atoms with E-state index in [4.69, 9.17) is 4.42 Å². The number of rotatable bonds is 6. The number of nitro groups is 1. The van der Waals surface area contributed by atoms with Crippen molar-refractivity contribution in [3.05, 3.63) is 28.3 Å². The number of oxazole rings is 1. The van der Waals surface area contributed by atoms with Gasteiger partial charge >= 0.3 is 0 Å². The number of para-hydroxylation sites is 1. The average molecular weight is 275 g/mol. The zero-order chi connectivity index (χ0) is 14.1. The molecule has 1 aliphatic carbocycles. The van der Waals surface area contributed by atoms with Gasteiger partial charge in [0, 0.05) is 12.1 Å². The molecule has 0 amide bonds. The van der Waals surface area contributed by atoms with Gasteiger partial charge in [0.15, 0.2) is 11.1 Å². The van der Waals surface area contributed by atoms with Gasteiger partial charge in [-0.2, -0.15) is 4.98 Å². The molecule has 1 heterocycles. The smallest absolute Gasteiger partial charge is 0.298 e. The van der Waals surface area contributed by atoms with Gasteiger partial charge in [-0.05, 0) is 24.8 Å². The molecule has 1 unspecified atom stereocenters. The molecule has 0 aliphatic heterocycles. The topological polar surface area (TPSA) is 81.2 Å². The van der Waals surface area contributed by atoms with Crippen LogP contribution >= 0.6 is 0 Å². The normalized spacial score (nSPS) is 16.2. The molecule has 0 spiro atoms. The third kappa shape index (κ3) is 2.59. The van der Waals surface area contributed by atoms with Crippen LogP contribution in [0.25, 0.3) is 11.1 Å². The Labute approximate surface area is 116 Å². The molecule has 0 saturated heterocycles. The second kappa shape index (κ2) is 5.11. The molecule has 1 N–H and O–H groups in total. The van der Waals surface area contributed by atoms with Crippen molar-refractivity contribution in [1.29, 1.82) is 0 Å². The van der Waals surface area contributed by atoms with Crippen LogP contribution in [-0.4, -0.2) is 15.9 Å². The van der Waals surface area contributed by atoms with Crippen molar-refractivity contribution in [2.45, 2.75) is 38.6 Å². The van der Waals surface area contributed by atoms with Gasteiger partial charge in [0.25, 0.3) is 11.7 Å². The van der Waals surface area contributed by atoms with Gasteiger partial charge in [0.05, 0.1) is 4.92 Å². The van der Waals surface area contributed by atoms with Gasteiger partial charge < -0.3 is 9.73 Å². The van der Waals surface area contributed by atoms with Crippen LogP contribution in [0, 0.1) is 16.0 Å². The molecule has 6 nitrogen and oxygen atoms in total. The summed E-state index contributed by atoms with van der Waals surface area (Å²) in [6, 6.07) is 5.44. The maximum absolute atomic E-state index is 11.0. The minimum atomic E-state index is -0.434. The van der Waals surface area contributed by atoms with E-state index in [1.54, 1.807) is 12.1 Å². The number of hydrogen-bond donors (Lipinski definition) is 1. The zero-order valence-electron chi connectivity index (χ0n) is 11.3.